The zero-order chi connectivity index (χ0) is 14.9. The first-order valence-electron chi connectivity index (χ1n) is 7.13. The monoisotopic (exact) mass is 294 g/mol. The van der Waals surface area contributed by atoms with Crippen LogP contribution in [0.25, 0.3) is 0 Å². The lowest BCUT2D eigenvalue weighted by Gasteiger charge is -2.42. The molecule has 0 heterocycles. The number of hydrogen-bond acceptors (Lipinski definition) is 2. The maximum atomic E-state index is 11.6. The van der Waals surface area contributed by atoms with Gasteiger partial charge >= 0.3 is 0 Å². The van der Waals surface area contributed by atoms with E-state index < -0.39 is 0 Å². The molecule has 1 aliphatic carbocycles. The second-order valence-electron chi connectivity index (χ2n) is 5.95. The predicted octanol–water partition coefficient (Wildman–Crippen LogP) is 2.94. The summed E-state index contributed by atoms with van der Waals surface area (Å²) in [6.45, 7) is 4.19. The van der Waals surface area contributed by atoms with Crippen molar-refractivity contribution in [2.45, 2.75) is 38.1 Å². The summed E-state index contributed by atoms with van der Waals surface area (Å²) in [6.07, 6.45) is 1.58. The van der Waals surface area contributed by atoms with Crippen LogP contribution in [0.5, 0.6) is 0 Å². The molecule has 0 radical (unpaired) electrons. The number of carbonyl (C=O) groups excluding carboxylic acids is 1. The number of amides is 1. The standard InChI is InChI=1S/C16H23ClN2O/c1-10-5-4-6-13(7-10)19(3)15-9-12(17)8-14(11(15)2)16(18)20/h4-7,11-12,14-15H,8-9H2,1-3H3,(H2,18,20). The molecular weight excluding hydrogens is 272 g/mol. The number of primary amides is 1. The molecule has 1 aliphatic rings. The first-order valence-corrected chi connectivity index (χ1v) is 7.56. The highest BCUT2D eigenvalue weighted by Gasteiger charge is 2.39. The van der Waals surface area contributed by atoms with Crippen molar-refractivity contribution < 1.29 is 4.79 Å². The molecule has 0 bridgehead atoms. The summed E-state index contributed by atoms with van der Waals surface area (Å²) >= 11 is 6.34. The molecule has 4 atom stereocenters. The highest BCUT2D eigenvalue weighted by molar-refractivity contribution is 6.20. The van der Waals surface area contributed by atoms with Gasteiger partial charge in [-0.15, -0.1) is 11.6 Å². The topological polar surface area (TPSA) is 46.3 Å². The van der Waals surface area contributed by atoms with Gasteiger partial charge in [-0.05, 0) is 43.4 Å². The van der Waals surface area contributed by atoms with Crippen molar-refractivity contribution >= 4 is 23.2 Å². The summed E-state index contributed by atoms with van der Waals surface area (Å²) in [7, 11) is 2.07. The van der Waals surface area contributed by atoms with Gasteiger partial charge in [-0.2, -0.15) is 0 Å². The number of benzene rings is 1. The second kappa shape index (κ2) is 6.04. The maximum Gasteiger partial charge on any atom is 0.220 e. The van der Waals surface area contributed by atoms with Crippen LogP contribution in [-0.2, 0) is 4.79 Å². The van der Waals surface area contributed by atoms with Crippen molar-refractivity contribution in [2.24, 2.45) is 17.6 Å². The van der Waals surface area contributed by atoms with E-state index in [4.69, 9.17) is 17.3 Å². The van der Waals surface area contributed by atoms with E-state index in [0.717, 1.165) is 12.1 Å². The zero-order valence-electron chi connectivity index (χ0n) is 12.3. The molecule has 1 aromatic rings. The summed E-state index contributed by atoms with van der Waals surface area (Å²) in [5.41, 5.74) is 7.92. The smallest absolute Gasteiger partial charge is 0.220 e. The molecule has 0 aliphatic heterocycles. The molecule has 1 fully saturated rings. The summed E-state index contributed by atoms with van der Waals surface area (Å²) in [4.78, 5) is 13.9. The van der Waals surface area contributed by atoms with E-state index in [0.29, 0.717) is 6.42 Å². The van der Waals surface area contributed by atoms with Crippen molar-refractivity contribution in [1.29, 1.82) is 0 Å². The fourth-order valence-electron chi connectivity index (χ4n) is 3.26. The van der Waals surface area contributed by atoms with Gasteiger partial charge in [-0.25, -0.2) is 0 Å². The number of hydrogen-bond donors (Lipinski definition) is 1. The van der Waals surface area contributed by atoms with Crippen LogP contribution >= 0.6 is 11.6 Å². The average Bonchev–Trinajstić information content (AvgIpc) is 2.40. The number of aryl methyl sites for hydroxylation is 1. The Morgan fingerprint density at radius 2 is 2.10 bits per heavy atom. The van der Waals surface area contributed by atoms with Crippen molar-refractivity contribution in [2.75, 3.05) is 11.9 Å². The lowest BCUT2D eigenvalue weighted by molar-refractivity contribution is -0.124. The van der Waals surface area contributed by atoms with Crippen LogP contribution in [0.1, 0.15) is 25.3 Å². The summed E-state index contributed by atoms with van der Waals surface area (Å²) < 4.78 is 0. The SMILES string of the molecule is Cc1cccc(N(C)C2CC(Cl)CC(C(N)=O)C2C)c1. The van der Waals surface area contributed by atoms with E-state index in [-0.39, 0.29) is 29.2 Å². The Bertz CT molecular complexity index is 491. The number of anilines is 1. The van der Waals surface area contributed by atoms with Gasteiger partial charge in [0.05, 0.1) is 0 Å². The fraction of sp³-hybridized carbons (Fsp3) is 0.562. The second-order valence-corrected chi connectivity index (χ2v) is 6.57. The maximum absolute atomic E-state index is 11.6. The molecule has 1 aromatic carbocycles. The van der Waals surface area contributed by atoms with E-state index in [2.05, 4.69) is 50.1 Å². The number of halogens is 1. The van der Waals surface area contributed by atoms with Crippen molar-refractivity contribution in [3.8, 4) is 0 Å². The quantitative estimate of drug-likeness (QED) is 0.871. The van der Waals surface area contributed by atoms with Crippen LogP contribution in [0, 0.1) is 18.8 Å². The highest BCUT2D eigenvalue weighted by Crippen LogP contribution is 2.37. The van der Waals surface area contributed by atoms with Crippen molar-refractivity contribution in [1.82, 2.24) is 0 Å². The Hall–Kier alpha value is -1.22. The first-order chi connectivity index (χ1) is 9.40. The molecule has 0 spiro atoms. The molecule has 1 amide bonds. The van der Waals surface area contributed by atoms with Gasteiger partial charge in [0.2, 0.25) is 5.91 Å². The van der Waals surface area contributed by atoms with Crippen LogP contribution in [0.15, 0.2) is 24.3 Å². The summed E-state index contributed by atoms with van der Waals surface area (Å²) in [5.74, 6) is -0.151. The van der Waals surface area contributed by atoms with Crippen LogP contribution in [0.2, 0.25) is 0 Å². The number of carbonyl (C=O) groups is 1. The van der Waals surface area contributed by atoms with E-state index in [1.54, 1.807) is 0 Å². The minimum atomic E-state index is -0.231. The Kier molecular flexibility index (Phi) is 4.59. The largest absolute Gasteiger partial charge is 0.371 e. The normalized spacial score (nSPS) is 30.0. The van der Waals surface area contributed by atoms with Gasteiger partial charge in [-0.1, -0.05) is 19.1 Å². The van der Waals surface area contributed by atoms with E-state index in [1.165, 1.54) is 5.56 Å². The lowest BCUT2D eigenvalue weighted by Crippen LogP contribution is -2.49. The third-order valence-electron chi connectivity index (χ3n) is 4.52. The van der Waals surface area contributed by atoms with Crippen LogP contribution in [0.4, 0.5) is 5.69 Å². The molecule has 2 N–H and O–H groups in total. The van der Waals surface area contributed by atoms with Gasteiger partial charge in [0.15, 0.2) is 0 Å². The third-order valence-corrected chi connectivity index (χ3v) is 4.88. The molecule has 1 saturated carbocycles. The van der Waals surface area contributed by atoms with Gasteiger partial charge in [0.1, 0.15) is 0 Å². The molecule has 20 heavy (non-hydrogen) atoms. The Labute approximate surface area is 126 Å². The van der Waals surface area contributed by atoms with E-state index >= 15 is 0 Å². The zero-order valence-corrected chi connectivity index (χ0v) is 13.1. The number of rotatable bonds is 3. The minimum absolute atomic E-state index is 0.0148. The first kappa shape index (κ1) is 15.2. The Balaban J connectivity index is 2.23. The van der Waals surface area contributed by atoms with Gasteiger partial charge in [-0.3, -0.25) is 4.79 Å². The highest BCUT2D eigenvalue weighted by atomic mass is 35.5. The average molecular weight is 295 g/mol. The molecule has 0 saturated heterocycles. The van der Waals surface area contributed by atoms with Crippen molar-refractivity contribution in [3.63, 3.8) is 0 Å². The molecule has 4 unspecified atom stereocenters. The molecule has 2 rings (SSSR count). The molecule has 4 heteroatoms. The van der Waals surface area contributed by atoms with Crippen LogP contribution < -0.4 is 10.6 Å². The number of nitrogens with zero attached hydrogens (tertiary/aromatic N) is 1. The predicted molar refractivity (Wildman–Crippen MR) is 84.1 cm³/mol. The minimum Gasteiger partial charge on any atom is -0.371 e. The van der Waals surface area contributed by atoms with E-state index in [1.807, 2.05) is 0 Å². The molecular formula is C16H23ClN2O. The summed E-state index contributed by atoms with van der Waals surface area (Å²) in [6, 6.07) is 8.63. The third kappa shape index (κ3) is 3.09. The Morgan fingerprint density at radius 1 is 1.40 bits per heavy atom. The number of alkyl halides is 1. The molecule has 3 nitrogen and oxygen atoms in total. The van der Waals surface area contributed by atoms with E-state index in [9.17, 15) is 4.79 Å². The van der Waals surface area contributed by atoms with Gasteiger partial charge < -0.3 is 10.6 Å². The Morgan fingerprint density at radius 3 is 2.70 bits per heavy atom. The van der Waals surface area contributed by atoms with Crippen LogP contribution in [-0.4, -0.2) is 24.4 Å². The van der Waals surface area contributed by atoms with Gasteiger partial charge in [0, 0.05) is 30.1 Å². The van der Waals surface area contributed by atoms with Crippen molar-refractivity contribution in [3.05, 3.63) is 29.8 Å². The molecule has 110 valence electrons. The summed E-state index contributed by atoms with van der Waals surface area (Å²) in [5, 5.41) is 0.0148. The molecule has 0 aromatic heterocycles. The van der Waals surface area contributed by atoms with Gasteiger partial charge in [0.25, 0.3) is 0 Å². The fourth-order valence-corrected chi connectivity index (χ4v) is 3.63. The van der Waals surface area contributed by atoms with Crippen LogP contribution in [0.3, 0.4) is 0 Å². The lowest BCUT2D eigenvalue weighted by atomic mass is 9.75. The number of nitrogens with two attached hydrogens (primary N) is 1.